The fourth-order valence-corrected chi connectivity index (χ4v) is 1.03. The third kappa shape index (κ3) is 7.57. The summed E-state index contributed by atoms with van der Waals surface area (Å²) in [6.07, 6.45) is -0.592. The van der Waals surface area contributed by atoms with Crippen LogP contribution in [0.4, 0.5) is 4.79 Å². The first kappa shape index (κ1) is 15.7. The predicted molar refractivity (Wildman–Crippen MR) is 63.6 cm³/mol. The smallest absolute Gasteiger partial charge is 0.407 e. The highest BCUT2D eigenvalue weighted by Crippen LogP contribution is 2.07. The first-order valence-corrected chi connectivity index (χ1v) is 5.46. The van der Waals surface area contributed by atoms with Gasteiger partial charge < -0.3 is 20.1 Å². The van der Waals surface area contributed by atoms with E-state index < -0.39 is 17.7 Å². The van der Waals surface area contributed by atoms with Crippen LogP contribution in [0.1, 0.15) is 27.2 Å². The van der Waals surface area contributed by atoms with E-state index in [1.807, 2.05) is 0 Å². The first-order valence-electron chi connectivity index (χ1n) is 5.46. The number of alkyl carbamates (subject to hydrolysis) is 1. The maximum absolute atomic E-state index is 11.4. The molecular weight excluding hydrogens is 224 g/mol. The molecule has 0 fully saturated rings. The van der Waals surface area contributed by atoms with Crippen molar-refractivity contribution < 1.29 is 19.4 Å². The van der Waals surface area contributed by atoms with E-state index in [2.05, 4.69) is 5.32 Å². The van der Waals surface area contributed by atoms with E-state index in [9.17, 15) is 9.59 Å². The molecule has 6 heteroatoms. The molecule has 0 saturated carbocycles. The number of carbonyl (C=O) groups excluding carboxylic acids is 2. The van der Waals surface area contributed by atoms with Crippen LogP contribution in [0.2, 0.25) is 0 Å². The van der Waals surface area contributed by atoms with Gasteiger partial charge in [-0.05, 0) is 20.8 Å². The van der Waals surface area contributed by atoms with Gasteiger partial charge in [-0.2, -0.15) is 0 Å². The largest absolute Gasteiger partial charge is 0.444 e. The Morgan fingerprint density at radius 2 is 1.88 bits per heavy atom. The van der Waals surface area contributed by atoms with E-state index in [0.29, 0.717) is 0 Å². The summed E-state index contributed by atoms with van der Waals surface area (Å²) in [4.78, 5) is 24.2. The zero-order valence-electron chi connectivity index (χ0n) is 11.1. The van der Waals surface area contributed by atoms with E-state index in [1.165, 1.54) is 4.90 Å². The molecule has 0 bridgehead atoms. The second-order valence-electron chi connectivity index (χ2n) is 5.02. The van der Waals surface area contributed by atoms with Gasteiger partial charge in [0.15, 0.2) is 0 Å². The zero-order valence-corrected chi connectivity index (χ0v) is 11.1. The maximum Gasteiger partial charge on any atom is 0.407 e. The minimum Gasteiger partial charge on any atom is -0.444 e. The van der Waals surface area contributed by atoms with Gasteiger partial charge in [0.1, 0.15) is 5.60 Å². The lowest BCUT2D eigenvalue weighted by Crippen LogP contribution is -2.43. The molecule has 0 unspecified atom stereocenters. The number of nitrogens with zero attached hydrogens (tertiary/aromatic N) is 1. The maximum atomic E-state index is 11.4. The lowest BCUT2D eigenvalue weighted by Gasteiger charge is -2.23. The van der Waals surface area contributed by atoms with Gasteiger partial charge in [0.25, 0.3) is 0 Å². The Hall–Kier alpha value is -1.30. The van der Waals surface area contributed by atoms with Crippen LogP contribution < -0.4 is 5.32 Å². The van der Waals surface area contributed by atoms with Crippen LogP contribution in [-0.2, 0) is 9.53 Å². The third-order valence-electron chi connectivity index (χ3n) is 1.86. The second kappa shape index (κ2) is 6.44. The van der Waals surface area contributed by atoms with Gasteiger partial charge in [-0.25, -0.2) is 4.79 Å². The molecule has 0 aliphatic carbocycles. The monoisotopic (exact) mass is 246 g/mol. The molecule has 0 aliphatic rings. The molecule has 0 aromatic rings. The molecule has 1 atom stereocenters. The molecule has 0 rings (SSSR count). The Balaban J connectivity index is 4.22. The normalized spacial score (nSPS) is 12.8. The number of hydrogen-bond acceptors (Lipinski definition) is 4. The molecule has 100 valence electrons. The SMILES string of the molecule is CN(C)C(=O)C[C@H](CO)NC(=O)OC(C)(C)C. The van der Waals surface area contributed by atoms with Gasteiger partial charge in [0, 0.05) is 20.5 Å². The summed E-state index contributed by atoms with van der Waals surface area (Å²) in [5.74, 6) is -0.167. The number of amides is 2. The highest BCUT2D eigenvalue weighted by Gasteiger charge is 2.21. The number of ether oxygens (including phenoxy) is 1. The van der Waals surface area contributed by atoms with Crippen molar-refractivity contribution in [3.63, 3.8) is 0 Å². The Labute approximate surface area is 102 Å². The van der Waals surface area contributed by atoms with Crippen molar-refractivity contribution in [3.05, 3.63) is 0 Å². The molecular formula is C11H22N2O4. The van der Waals surface area contributed by atoms with Crippen molar-refractivity contribution in [3.8, 4) is 0 Å². The number of nitrogens with one attached hydrogen (secondary N) is 1. The molecule has 0 heterocycles. The Morgan fingerprint density at radius 1 is 1.35 bits per heavy atom. The quantitative estimate of drug-likeness (QED) is 0.750. The molecule has 0 aliphatic heterocycles. The zero-order chi connectivity index (χ0) is 13.6. The molecule has 17 heavy (non-hydrogen) atoms. The number of rotatable bonds is 4. The van der Waals surface area contributed by atoms with Gasteiger partial charge in [-0.15, -0.1) is 0 Å². The van der Waals surface area contributed by atoms with Gasteiger partial charge in [-0.1, -0.05) is 0 Å². The van der Waals surface area contributed by atoms with E-state index in [1.54, 1.807) is 34.9 Å². The fraction of sp³-hybridized carbons (Fsp3) is 0.818. The van der Waals surface area contributed by atoms with Crippen LogP contribution in [-0.4, -0.2) is 54.4 Å². The van der Waals surface area contributed by atoms with Crippen molar-refractivity contribution in [2.24, 2.45) is 0 Å². The van der Waals surface area contributed by atoms with E-state index in [4.69, 9.17) is 9.84 Å². The molecule has 0 saturated heterocycles. The van der Waals surface area contributed by atoms with E-state index >= 15 is 0 Å². The van der Waals surface area contributed by atoms with E-state index in [-0.39, 0.29) is 18.9 Å². The summed E-state index contributed by atoms with van der Waals surface area (Å²) in [6, 6.07) is -0.625. The lowest BCUT2D eigenvalue weighted by atomic mass is 10.2. The summed E-state index contributed by atoms with van der Waals surface area (Å²) >= 11 is 0. The lowest BCUT2D eigenvalue weighted by molar-refractivity contribution is -0.129. The van der Waals surface area contributed by atoms with Crippen molar-refractivity contribution in [1.29, 1.82) is 0 Å². The highest BCUT2D eigenvalue weighted by molar-refractivity contribution is 5.77. The second-order valence-corrected chi connectivity index (χ2v) is 5.02. The average molecular weight is 246 g/mol. The average Bonchev–Trinajstić information content (AvgIpc) is 2.13. The number of carbonyl (C=O) groups is 2. The summed E-state index contributed by atoms with van der Waals surface area (Å²) in [5, 5.41) is 11.5. The van der Waals surface area contributed by atoms with Crippen molar-refractivity contribution >= 4 is 12.0 Å². The number of hydrogen-bond donors (Lipinski definition) is 2. The molecule has 0 spiro atoms. The standard InChI is InChI=1S/C11H22N2O4/c1-11(2,3)17-10(16)12-8(7-14)6-9(15)13(4)5/h8,14H,6-7H2,1-5H3,(H,12,16)/t8-/m1/s1. The number of aliphatic hydroxyl groups excluding tert-OH is 1. The summed E-state index contributed by atoms with van der Waals surface area (Å²) in [5.41, 5.74) is -0.602. The third-order valence-corrected chi connectivity index (χ3v) is 1.86. The topological polar surface area (TPSA) is 78.9 Å². The minimum absolute atomic E-state index is 0.0444. The van der Waals surface area contributed by atoms with Crippen LogP contribution in [0, 0.1) is 0 Å². The van der Waals surface area contributed by atoms with Crippen LogP contribution in [0.25, 0.3) is 0 Å². The fourth-order valence-electron chi connectivity index (χ4n) is 1.03. The van der Waals surface area contributed by atoms with Crippen molar-refractivity contribution in [2.45, 2.75) is 38.8 Å². The Bertz CT molecular complexity index is 271. The first-order chi connectivity index (χ1) is 7.65. The van der Waals surface area contributed by atoms with Crippen molar-refractivity contribution in [2.75, 3.05) is 20.7 Å². The van der Waals surface area contributed by atoms with Crippen LogP contribution in [0.3, 0.4) is 0 Å². The van der Waals surface area contributed by atoms with Gasteiger partial charge in [0.05, 0.1) is 12.6 Å². The Morgan fingerprint density at radius 3 is 2.24 bits per heavy atom. The van der Waals surface area contributed by atoms with E-state index in [0.717, 1.165) is 0 Å². The summed E-state index contributed by atoms with van der Waals surface area (Å²) < 4.78 is 5.03. The van der Waals surface area contributed by atoms with Crippen LogP contribution in [0.15, 0.2) is 0 Å². The highest BCUT2D eigenvalue weighted by atomic mass is 16.6. The van der Waals surface area contributed by atoms with Crippen LogP contribution >= 0.6 is 0 Å². The molecule has 0 radical (unpaired) electrons. The molecule has 2 amide bonds. The number of aliphatic hydroxyl groups is 1. The molecule has 0 aromatic carbocycles. The minimum atomic E-state index is -0.636. The van der Waals surface area contributed by atoms with Gasteiger partial charge >= 0.3 is 6.09 Å². The van der Waals surface area contributed by atoms with Crippen LogP contribution in [0.5, 0.6) is 0 Å². The van der Waals surface area contributed by atoms with Gasteiger partial charge in [-0.3, -0.25) is 4.79 Å². The Kier molecular flexibility index (Phi) is 5.95. The summed E-state index contributed by atoms with van der Waals surface area (Å²) in [7, 11) is 3.23. The molecule has 0 aromatic heterocycles. The molecule has 6 nitrogen and oxygen atoms in total. The predicted octanol–water partition coefficient (Wildman–Crippen LogP) is 0.350. The van der Waals surface area contributed by atoms with Gasteiger partial charge in [0.2, 0.25) is 5.91 Å². The summed E-state index contributed by atoms with van der Waals surface area (Å²) in [6.45, 7) is 4.92. The van der Waals surface area contributed by atoms with Crippen molar-refractivity contribution in [1.82, 2.24) is 10.2 Å². The molecule has 2 N–H and O–H groups in total.